The monoisotopic (exact) mass is 264 g/mol. The maximum Gasteiger partial charge on any atom is 0.256 e. The molecule has 0 spiro atoms. The van der Waals surface area contributed by atoms with E-state index in [2.05, 4.69) is 10.2 Å². The van der Waals surface area contributed by atoms with Crippen LogP contribution in [-0.4, -0.2) is 53.3 Å². The topological polar surface area (TPSA) is 81.3 Å². The Kier molecular flexibility index (Phi) is 4.44. The molecule has 0 bridgehead atoms. The maximum atomic E-state index is 12.6. The van der Waals surface area contributed by atoms with Crippen molar-refractivity contribution >= 4 is 5.91 Å². The Hall–Kier alpha value is -1.53. The van der Waals surface area contributed by atoms with Crippen LogP contribution in [0.25, 0.3) is 0 Å². The maximum absolute atomic E-state index is 12.6. The molecule has 1 unspecified atom stereocenters. The number of nitrogens with two attached hydrogens (primary N) is 1. The summed E-state index contributed by atoms with van der Waals surface area (Å²) in [5.41, 5.74) is 7.83. The highest BCUT2D eigenvalue weighted by molar-refractivity contribution is 5.95. The predicted octanol–water partition coefficient (Wildman–Crippen LogP) is 0.147. The molecular formula is C13H20N4O2. The summed E-state index contributed by atoms with van der Waals surface area (Å²) in [6.07, 6.45) is 0.686. The first-order valence-electron chi connectivity index (χ1n) is 6.59. The number of hydrogen-bond acceptors (Lipinski definition) is 5. The zero-order chi connectivity index (χ0) is 13.8. The standard InChI is InChI=1S/C13H20N4O2/c1-3-12-11(6-9(2)15-16-12)13(18)17-4-5-19-8-10(17)7-14/h6,10H,3-5,7-8,14H2,1-2H3. The Morgan fingerprint density at radius 3 is 3.05 bits per heavy atom. The average molecular weight is 264 g/mol. The first-order valence-corrected chi connectivity index (χ1v) is 6.59. The van der Waals surface area contributed by atoms with Crippen LogP contribution in [0.15, 0.2) is 6.07 Å². The number of aryl methyl sites for hydroxylation is 2. The van der Waals surface area contributed by atoms with Gasteiger partial charge in [0, 0.05) is 13.1 Å². The minimum atomic E-state index is -0.0561. The van der Waals surface area contributed by atoms with Gasteiger partial charge >= 0.3 is 0 Å². The van der Waals surface area contributed by atoms with Crippen LogP contribution in [-0.2, 0) is 11.2 Å². The predicted molar refractivity (Wildman–Crippen MR) is 70.8 cm³/mol. The molecule has 1 atom stereocenters. The van der Waals surface area contributed by atoms with Gasteiger partial charge in [0.05, 0.1) is 36.2 Å². The van der Waals surface area contributed by atoms with Crippen molar-refractivity contribution in [1.29, 1.82) is 0 Å². The summed E-state index contributed by atoms with van der Waals surface area (Å²) in [7, 11) is 0. The van der Waals surface area contributed by atoms with E-state index in [1.165, 1.54) is 0 Å². The Labute approximate surface area is 112 Å². The van der Waals surface area contributed by atoms with Crippen molar-refractivity contribution in [3.8, 4) is 0 Å². The van der Waals surface area contributed by atoms with Crippen molar-refractivity contribution in [2.75, 3.05) is 26.3 Å². The molecule has 1 aliphatic rings. The van der Waals surface area contributed by atoms with E-state index >= 15 is 0 Å². The molecule has 2 rings (SSSR count). The number of ether oxygens (including phenoxy) is 1. The van der Waals surface area contributed by atoms with Gasteiger partial charge < -0.3 is 15.4 Å². The van der Waals surface area contributed by atoms with Crippen molar-refractivity contribution in [3.63, 3.8) is 0 Å². The zero-order valence-electron chi connectivity index (χ0n) is 11.4. The smallest absolute Gasteiger partial charge is 0.256 e. The minimum absolute atomic E-state index is 0.0198. The third-order valence-corrected chi connectivity index (χ3v) is 3.32. The Morgan fingerprint density at radius 1 is 1.58 bits per heavy atom. The van der Waals surface area contributed by atoms with Crippen molar-refractivity contribution < 1.29 is 9.53 Å². The van der Waals surface area contributed by atoms with Crippen LogP contribution in [0.2, 0.25) is 0 Å². The molecule has 1 aliphatic heterocycles. The molecule has 2 N–H and O–H groups in total. The average Bonchev–Trinajstić information content (AvgIpc) is 2.46. The van der Waals surface area contributed by atoms with E-state index in [1.807, 2.05) is 13.8 Å². The van der Waals surface area contributed by atoms with Crippen LogP contribution in [0.4, 0.5) is 0 Å². The number of rotatable bonds is 3. The molecule has 0 saturated carbocycles. The first-order chi connectivity index (χ1) is 9.17. The normalized spacial score (nSPS) is 19.5. The lowest BCUT2D eigenvalue weighted by molar-refractivity contribution is 0.000736. The summed E-state index contributed by atoms with van der Waals surface area (Å²) >= 11 is 0. The molecule has 0 aromatic carbocycles. The number of nitrogens with zero attached hydrogens (tertiary/aromatic N) is 3. The Morgan fingerprint density at radius 2 is 2.37 bits per heavy atom. The fourth-order valence-electron chi connectivity index (χ4n) is 2.23. The highest BCUT2D eigenvalue weighted by Crippen LogP contribution is 2.15. The molecule has 1 saturated heterocycles. The van der Waals surface area contributed by atoms with Gasteiger partial charge in [-0.3, -0.25) is 4.79 Å². The van der Waals surface area contributed by atoms with Crippen LogP contribution in [0.1, 0.15) is 28.7 Å². The van der Waals surface area contributed by atoms with Crippen LogP contribution in [0.5, 0.6) is 0 Å². The number of morpholine rings is 1. The third kappa shape index (κ3) is 2.90. The van der Waals surface area contributed by atoms with E-state index in [0.717, 1.165) is 11.4 Å². The second kappa shape index (κ2) is 6.08. The van der Waals surface area contributed by atoms with Gasteiger partial charge in [0.15, 0.2) is 0 Å². The highest BCUT2D eigenvalue weighted by atomic mass is 16.5. The van der Waals surface area contributed by atoms with Crippen molar-refractivity contribution in [2.45, 2.75) is 26.3 Å². The molecule has 1 amide bonds. The zero-order valence-corrected chi connectivity index (χ0v) is 11.4. The van der Waals surface area contributed by atoms with Crippen molar-refractivity contribution in [1.82, 2.24) is 15.1 Å². The second-order valence-corrected chi connectivity index (χ2v) is 4.66. The first kappa shape index (κ1) is 13.9. The van der Waals surface area contributed by atoms with Crippen LogP contribution in [0.3, 0.4) is 0 Å². The van der Waals surface area contributed by atoms with E-state index in [1.54, 1.807) is 11.0 Å². The molecule has 1 fully saturated rings. The summed E-state index contributed by atoms with van der Waals surface area (Å²) in [4.78, 5) is 14.4. The van der Waals surface area contributed by atoms with Gasteiger partial charge in [-0.15, -0.1) is 0 Å². The number of aromatic nitrogens is 2. The molecule has 104 valence electrons. The summed E-state index contributed by atoms with van der Waals surface area (Å²) in [6.45, 7) is 5.84. The fraction of sp³-hybridized carbons (Fsp3) is 0.615. The Bertz CT molecular complexity index is 464. The molecule has 6 heteroatoms. The van der Waals surface area contributed by atoms with Gasteiger partial charge in [-0.25, -0.2) is 0 Å². The van der Waals surface area contributed by atoms with E-state index in [9.17, 15) is 4.79 Å². The number of hydrogen-bond donors (Lipinski definition) is 1. The second-order valence-electron chi connectivity index (χ2n) is 4.66. The lowest BCUT2D eigenvalue weighted by Gasteiger charge is -2.35. The minimum Gasteiger partial charge on any atom is -0.377 e. The molecule has 6 nitrogen and oxygen atoms in total. The largest absolute Gasteiger partial charge is 0.377 e. The number of carbonyl (C=O) groups excluding carboxylic acids is 1. The molecule has 0 aliphatic carbocycles. The van der Waals surface area contributed by atoms with E-state index in [-0.39, 0.29) is 11.9 Å². The van der Waals surface area contributed by atoms with Gasteiger partial charge in [-0.1, -0.05) is 6.92 Å². The summed E-state index contributed by atoms with van der Waals surface area (Å²) < 4.78 is 5.37. The van der Waals surface area contributed by atoms with Gasteiger partial charge in [0.2, 0.25) is 0 Å². The van der Waals surface area contributed by atoms with Gasteiger partial charge in [-0.05, 0) is 19.4 Å². The lowest BCUT2D eigenvalue weighted by atomic mass is 10.1. The highest BCUT2D eigenvalue weighted by Gasteiger charge is 2.28. The molecule has 2 heterocycles. The summed E-state index contributed by atoms with van der Waals surface area (Å²) in [5, 5.41) is 8.11. The van der Waals surface area contributed by atoms with Crippen LogP contribution in [0, 0.1) is 6.92 Å². The quantitative estimate of drug-likeness (QED) is 0.840. The molecule has 1 aromatic heterocycles. The summed E-state index contributed by atoms with van der Waals surface area (Å²) in [5.74, 6) is -0.0198. The third-order valence-electron chi connectivity index (χ3n) is 3.32. The molecule has 0 radical (unpaired) electrons. The van der Waals surface area contributed by atoms with Gasteiger partial charge in [-0.2, -0.15) is 10.2 Å². The molecule has 1 aromatic rings. The Balaban J connectivity index is 2.29. The fourth-order valence-corrected chi connectivity index (χ4v) is 2.23. The number of carbonyl (C=O) groups is 1. The molecule has 19 heavy (non-hydrogen) atoms. The number of amides is 1. The van der Waals surface area contributed by atoms with E-state index < -0.39 is 0 Å². The summed E-state index contributed by atoms with van der Waals surface area (Å²) in [6, 6.07) is 1.75. The van der Waals surface area contributed by atoms with E-state index in [4.69, 9.17) is 10.5 Å². The van der Waals surface area contributed by atoms with Crippen molar-refractivity contribution in [3.05, 3.63) is 23.0 Å². The lowest BCUT2D eigenvalue weighted by Crippen LogP contribution is -2.52. The van der Waals surface area contributed by atoms with Crippen LogP contribution >= 0.6 is 0 Å². The van der Waals surface area contributed by atoms with Crippen LogP contribution < -0.4 is 5.73 Å². The SMILES string of the molecule is CCc1nnc(C)cc1C(=O)N1CCOCC1CN. The van der Waals surface area contributed by atoms with Gasteiger partial charge in [0.25, 0.3) is 5.91 Å². The van der Waals surface area contributed by atoms with Gasteiger partial charge in [0.1, 0.15) is 0 Å². The van der Waals surface area contributed by atoms with Crippen molar-refractivity contribution in [2.24, 2.45) is 5.73 Å². The molecular weight excluding hydrogens is 244 g/mol. The van der Waals surface area contributed by atoms with E-state index in [0.29, 0.717) is 38.3 Å².